The fraction of sp³-hybridized carbons (Fsp3) is 0.381. The molecule has 0 aliphatic carbocycles. The molecule has 0 aliphatic rings. The van der Waals surface area contributed by atoms with Crippen LogP contribution < -0.4 is 0 Å². The third-order valence-corrected chi connectivity index (χ3v) is 4.45. The summed E-state index contributed by atoms with van der Waals surface area (Å²) in [5.41, 5.74) is 2.78. The number of amides is 1. The average Bonchev–Trinajstić information content (AvgIpc) is 2.98. The summed E-state index contributed by atoms with van der Waals surface area (Å²) in [5.74, 6) is -1.11. The van der Waals surface area contributed by atoms with Crippen molar-refractivity contribution in [2.75, 3.05) is 26.9 Å². The summed E-state index contributed by atoms with van der Waals surface area (Å²) in [5, 5.41) is 0. The number of benzene rings is 1. The van der Waals surface area contributed by atoms with Crippen LogP contribution in [-0.2, 0) is 20.8 Å². The maximum absolute atomic E-state index is 12.6. The van der Waals surface area contributed by atoms with Crippen LogP contribution in [0.2, 0.25) is 0 Å². The first kappa shape index (κ1) is 21.4. The minimum absolute atomic E-state index is 0.130. The van der Waals surface area contributed by atoms with Gasteiger partial charge in [-0.25, -0.2) is 4.79 Å². The maximum Gasteiger partial charge on any atom is 0.355 e. The highest BCUT2D eigenvalue weighted by Gasteiger charge is 2.22. The molecule has 0 fully saturated rings. The molecule has 2 aromatic rings. The number of ketones is 1. The molecule has 0 spiro atoms. The smallest absolute Gasteiger partial charge is 0.355 e. The van der Waals surface area contributed by atoms with Crippen molar-refractivity contribution in [3.8, 4) is 0 Å². The Morgan fingerprint density at radius 2 is 1.79 bits per heavy atom. The maximum atomic E-state index is 12.6. The van der Waals surface area contributed by atoms with Gasteiger partial charge in [-0.15, -0.1) is 0 Å². The van der Waals surface area contributed by atoms with E-state index in [0.717, 1.165) is 5.56 Å². The number of H-pyrrole nitrogens is 1. The van der Waals surface area contributed by atoms with Crippen molar-refractivity contribution >= 4 is 17.7 Å². The van der Waals surface area contributed by atoms with E-state index in [4.69, 9.17) is 9.47 Å². The summed E-state index contributed by atoms with van der Waals surface area (Å²) >= 11 is 0. The normalized spacial score (nSPS) is 10.6. The van der Waals surface area contributed by atoms with Crippen molar-refractivity contribution in [3.05, 3.63) is 58.4 Å². The lowest BCUT2D eigenvalue weighted by molar-refractivity contribution is -0.135. The van der Waals surface area contributed by atoms with Crippen LogP contribution in [0.25, 0.3) is 0 Å². The van der Waals surface area contributed by atoms with Gasteiger partial charge < -0.3 is 19.4 Å². The van der Waals surface area contributed by atoms with Crippen molar-refractivity contribution in [2.45, 2.75) is 27.3 Å². The number of Topliss-reactive ketones (excluding diaryl/α,β-unsaturated/α-hetero) is 1. The van der Waals surface area contributed by atoms with E-state index in [-0.39, 0.29) is 24.0 Å². The van der Waals surface area contributed by atoms with Crippen LogP contribution >= 0.6 is 0 Å². The Balaban J connectivity index is 2.04. The van der Waals surface area contributed by atoms with Crippen LogP contribution in [0, 0.1) is 13.8 Å². The molecule has 7 nitrogen and oxygen atoms in total. The van der Waals surface area contributed by atoms with Crippen LogP contribution in [0.4, 0.5) is 0 Å². The van der Waals surface area contributed by atoms with E-state index in [1.54, 1.807) is 25.9 Å². The van der Waals surface area contributed by atoms with E-state index in [1.165, 1.54) is 6.92 Å². The van der Waals surface area contributed by atoms with Gasteiger partial charge in [0.2, 0.25) is 0 Å². The second-order valence-electron chi connectivity index (χ2n) is 6.55. The summed E-state index contributed by atoms with van der Waals surface area (Å²) in [6.07, 6.45) is 0. The van der Waals surface area contributed by atoms with Gasteiger partial charge in [-0.05, 0) is 31.9 Å². The van der Waals surface area contributed by atoms with Gasteiger partial charge in [-0.2, -0.15) is 0 Å². The summed E-state index contributed by atoms with van der Waals surface area (Å²) in [6.45, 7) is 5.62. The van der Waals surface area contributed by atoms with Crippen LogP contribution in [0.1, 0.15) is 44.6 Å². The van der Waals surface area contributed by atoms with Gasteiger partial charge >= 0.3 is 5.97 Å². The summed E-state index contributed by atoms with van der Waals surface area (Å²) in [4.78, 5) is 41.1. The minimum atomic E-state index is -0.659. The molecule has 1 aromatic heterocycles. The first-order chi connectivity index (χ1) is 13.3. The van der Waals surface area contributed by atoms with Crippen LogP contribution in [0.5, 0.6) is 0 Å². The van der Waals surface area contributed by atoms with Crippen LogP contribution in [0.15, 0.2) is 30.3 Å². The number of ether oxygens (including phenoxy) is 2. The van der Waals surface area contributed by atoms with Gasteiger partial charge in [0.15, 0.2) is 12.4 Å². The number of esters is 1. The predicted octanol–water partition coefficient (Wildman–Crippen LogP) is 2.67. The first-order valence-electron chi connectivity index (χ1n) is 9.03. The Morgan fingerprint density at radius 3 is 2.36 bits per heavy atom. The van der Waals surface area contributed by atoms with Crippen LogP contribution in [-0.4, -0.2) is 54.4 Å². The number of carbonyl (C=O) groups excluding carboxylic acids is 3. The number of hydrogen-bond donors (Lipinski definition) is 1. The van der Waals surface area contributed by atoms with E-state index in [1.807, 2.05) is 30.3 Å². The minimum Gasteiger partial charge on any atom is -0.451 e. The zero-order chi connectivity index (χ0) is 20.7. The van der Waals surface area contributed by atoms with Crippen molar-refractivity contribution in [1.82, 2.24) is 9.88 Å². The molecule has 0 atom stereocenters. The Morgan fingerprint density at radius 1 is 1.11 bits per heavy atom. The Labute approximate surface area is 164 Å². The molecule has 0 aliphatic heterocycles. The summed E-state index contributed by atoms with van der Waals surface area (Å²) < 4.78 is 10.3. The van der Waals surface area contributed by atoms with E-state index in [2.05, 4.69) is 4.98 Å². The molecule has 1 amide bonds. The van der Waals surface area contributed by atoms with E-state index < -0.39 is 5.97 Å². The Bertz CT molecular complexity index is 842. The second-order valence-corrected chi connectivity index (χ2v) is 6.55. The van der Waals surface area contributed by atoms with Gasteiger partial charge in [0.25, 0.3) is 5.91 Å². The third kappa shape index (κ3) is 5.29. The van der Waals surface area contributed by atoms with Crippen molar-refractivity contribution in [2.24, 2.45) is 0 Å². The molecule has 28 heavy (non-hydrogen) atoms. The number of nitrogens with one attached hydrogen (secondary N) is 1. The standard InChI is InChI=1S/C21H26N2O5/c1-14-19(16(3)24)15(2)22-20(14)21(26)28-13-18(25)23(10-11-27-4)12-17-8-6-5-7-9-17/h5-9,22H,10-13H2,1-4H3. The van der Waals surface area contributed by atoms with Crippen molar-refractivity contribution < 1.29 is 23.9 Å². The van der Waals surface area contributed by atoms with E-state index in [0.29, 0.717) is 36.5 Å². The summed E-state index contributed by atoms with van der Waals surface area (Å²) in [7, 11) is 1.56. The molecule has 0 unspecified atom stereocenters. The zero-order valence-corrected chi connectivity index (χ0v) is 16.7. The number of aryl methyl sites for hydroxylation is 1. The lowest BCUT2D eigenvalue weighted by Gasteiger charge is -2.22. The fourth-order valence-electron chi connectivity index (χ4n) is 3.07. The highest BCUT2D eigenvalue weighted by Crippen LogP contribution is 2.19. The number of methoxy groups -OCH3 is 1. The number of aromatic nitrogens is 1. The van der Waals surface area contributed by atoms with Gasteiger partial charge in [-0.1, -0.05) is 30.3 Å². The largest absolute Gasteiger partial charge is 0.451 e. The van der Waals surface area contributed by atoms with E-state index in [9.17, 15) is 14.4 Å². The molecule has 0 saturated carbocycles. The zero-order valence-electron chi connectivity index (χ0n) is 16.7. The molecule has 0 saturated heterocycles. The van der Waals surface area contributed by atoms with E-state index >= 15 is 0 Å². The number of carbonyl (C=O) groups is 3. The van der Waals surface area contributed by atoms with Gasteiger partial charge in [-0.3, -0.25) is 9.59 Å². The molecular formula is C21H26N2O5. The number of nitrogens with zero attached hydrogens (tertiary/aromatic N) is 1. The molecule has 0 bridgehead atoms. The second kappa shape index (κ2) is 9.85. The lowest BCUT2D eigenvalue weighted by atomic mass is 10.1. The number of aromatic amines is 1. The molecule has 1 N–H and O–H groups in total. The third-order valence-electron chi connectivity index (χ3n) is 4.45. The highest BCUT2D eigenvalue weighted by atomic mass is 16.5. The first-order valence-corrected chi connectivity index (χ1v) is 9.03. The topological polar surface area (TPSA) is 88.7 Å². The number of rotatable bonds is 9. The molecule has 1 aromatic carbocycles. The quantitative estimate of drug-likeness (QED) is 0.529. The molecule has 1 heterocycles. The SMILES string of the molecule is COCCN(Cc1ccccc1)C(=O)COC(=O)c1[nH]c(C)c(C(C)=O)c1C. The van der Waals surface area contributed by atoms with Crippen molar-refractivity contribution in [3.63, 3.8) is 0 Å². The fourth-order valence-corrected chi connectivity index (χ4v) is 3.07. The molecule has 150 valence electrons. The molecule has 0 radical (unpaired) electrons. The van der Waals surface area contributed by atoms with Gasteiger partial charge in [0.05, 0.1) is 6.61 Å². The predicted molar refractivity (Wildman–Crippen MR) is 104 cm³/mol. The molecular weight excluding hydrogens is 360 g/mol. The van der Waals surface area contributed by atoms with Crippen molar-refractivity contribution in [1.29, 1.82) is 0 Å². The highest BCUT2D eigenvalue weighted by molar-refractivity contribution is 6.01. The van der Waals surface area contributed by atoms with Crippen LogP contribution in [0.3, 0.4) is 0 Å². The Hall–Kier alpha value is -2.93. The molecule has 2 rings (SSSR count). The summed E-state index contributed by atoms with van der Waals surface area (Å²) in [6, 6.07) is 9.55. The molecule has 7 heteroatoms. The van der Waals surface area contributed by atoms with Gasteiger partial charge in [0, 0.05) is 31.5 Å². The average molecular weight is 386 g/mol. The monoisotopic (exact) mass is 386 g/mol. The lowest BCUT2D eigenvalue weighted by Crippen LogP contribution is -2.36. The number of hydrogen-bond acceptors (Lipinski definition) is 5. The van der Waals surface area contributed by atoms with Gasteiger partial charge in [0.1, 0.15) is 5.69 Å². The Kier molecular flexibility index (Phi) is 7.52.